The highest BCUT2D eigenvalue weighted by atomic mass is 16.5. The molecule has 32 heavy (non-hydrogen) atoms. The first-order chi connectivity index (χ1) is 15.4. The van der Waals surface area contributed by atoms with Crippen LogP contribution in [-0.4, -0.2) is 42.3 Å². The lowest BCUT2D eigenvalue weighted by atomic mass is 9.98. The number of rotatable bonds is 9. The molecule has 4 rings (SSSR count). The number of nitrogens with one attached hydrogen (secondary N) is 2. The topological polar surface area (TPSA) is 105 Å². The van der Waals surface area contributed by atoms with Crippen LogP contribution in [0, 0.1) is 5.41 Å². The zero-order chi connectivity index (χ0) is 22.7. The number of ether oxygens (including phenoxy) is 1. The van der Waals surface area contributed by atoms with E-state index in [1.165, 1.54) is 0 Å². The number of carbonyl (C=O) groups is 3. The summed E-state index contributed by atoms with van der Waals surface area (Å²) in [5.41, 5.74) is 3.94. The Bertz CT molecular complexity index is 985. The Balaban J connectivity index is 1.31. The van der Waals surface area contributed by atoms with E-state index in [2.05, 4.69) is 34.9 Å². The second kappa shape index (κ2) is 9.02. The maximum Gasteiger partial charge on any atom is 0.407 e. The molecule has 7 nitrogen and oxygen atoms in total. The Kier molecular flexibility index (Phi) is 6.17. The highest BCUT2D eigenvalue weighted by Crippen LogP contribution is 2.46. The highest BCUT2D eigenvalue weighted by Gasteiger charge is 2.50. The number of benzene rings is 2. The zero-order valence-electron chi connectivity index (χ0n) is 18.1. The summed E-state index contributed by atoms with van der Waals surface area (Å²) in [5.74, 6) is -1.17. The van der Waals surface area contributed by atoms with Crippen molar-refractivity contribution in [3.63, 3.8) is 0 Å². The molecule has 2 aromatic carbocycles. The Morgan fingerprint density at radius 3 is 2.19 bits per heavy atom. The number of carbonyl (C=O) groups excluding carboxylic acids is 2. The molecule has 0 heterocycles. The van der Waals surface area contributed by atoms with Gasteiger partial charge in [0.1, 0.15) is 6.61 Å². The Morgan fingerprint density at radius 2 is 1.66 bits per heavy atom. The first-order valence-electron chi connectivity index (χ1n) is 11.0. The summed E-state index contributed by atoms with van der Waals surface area (Å²) in [4.78, 5) is 36.0. The van der Waals surface area contributed by atoms with Gasteiger partial charge in [0.2, 0.25) is 5.91 Å². The van der Waals surface area contributed by atoms with Gasteiger partial charge in [0.05, 0.1) is 11.8 Å². The number of hydrogen-bond donors (Lipinski definition) is 3. The largest absolute Gasteiger partial charge is 0.481 e. The van der Waals surface area contributed by atoms with E-state index in [1.807, 2.05) is 31.2 Å². The van der Waals surface area contributed by atoms with Crippen LogP contribution in [0.15, 0.2) is 48.5 Å². The summed E-state index contributed by atoms with van der Waals surface area (Å²) in [5, 5.41) is 14.5. The molecule has 0 saturated heterocycles. The molecule has 3 N–H and O–H groups in total. The van der Waals surface area contributed by atoms with Crippen LogP contribution in [0.4, 0.5) is 4.79 Å². The van der Waals surface area contributed by atoms with Gasteiger partial charge in [-0.05, 0) is 41.5 Å². The minimum atomic E-state index is -0.946. The van der Waals surface area contributed by atoms with Crippen LogP contribution in [-0.2, 0) is 14.3 Å². The third-order valence-corrected chi connectivity index (χ3v) is 6.50. The van der Waals surface area contributed by atoms with Crippen molar-refractivity contribution in [3.8, 4) is 11.1 Å². The van der Waals surface area contributed by atoms with E-state index in [4.69, 9.17) is 9.84 Å². The van der Waals surface area contributed by atoms with Crippen molar-refractivity contribution >= 4 is 18.0 Å². The van der Waals surface area contributed by atoms with Crippen LogP contribution in [0.1, 0.15) is 49.7 Å². The Labute approximate surface area is 187 Å². The van der Waals surface area contributed by atoms with Gasteiger partial charge in [-0.25, -0.2) is 4.79 Å². The van der Waals surface area contributed by atoms with Gasteiger partial charge in [-0.15, -0.1) is 0 Å². The monoisotopic (exact) mass is 436 g/mol. The van der Waals surface area contributed by atoms with Gasteiger partial charge in [-0.3, -0.25) is 9.59 Å². The minimum absolute atomic E-state index is 0.0207. The number of hydrogen-bond acceptors (Lipinski definition) is 4. The lowest BCUT2D eigenvalue weighted by Gasteiger charge is -2.21. The molecule has 0 bridgehead atoms. The summed E-state index contributed by atoms with van der Waals surface area (Å²) in [7, 11) is 0. The SMILES string of the molecule is CC[C@H](CC(=O)O)NC(=O)C1(CNC(=O)OCC2c3ccccc3-c3ccccc32)CC1. The zero-order valence-corrected chi connectivity index (χ0v) is 18.1. The molecule has 1 atom stereocenters. The van der Waals surface area contributed by atoms with Gasteiger partial charge in [0, 0.05) is 18.5 Å². The van der Waals surface area contributed by atoms with E-state index >= 15 is 0 Å². The van der Waals surface area contributed by atoms with E-state index in [1.54, 1.807) is 0 Å². The molecular weight excluding hydrogens is 408 g/mol. The van der Waals surface area contributed by atoms with Crippen LogP contribution >= 0.6 is 0 Å². The molecule has 0 aromatic heterocycles. The van der Waals surface area contributed by atoms with Gasteiger partial charge in [0.15, 0.2) is 0 Å². The van der Waals surface area contributed by atoms with E-state index < -0.39 is 23.5 Å². The predicted octanol–water partition coefficient (Wildman–Crippen LogP) is 3.67. The van der Waals surface area contributed by atoms with E-state index in [9.17, 15) is 14.4 Å². The molecule has 2 aliphatic carbocycles. The standard InChI is InChI=1S/C25H28N2O5/c1-2-16(13-22(28)29)27-23(30)25(11-12-25)15-26-24(31)32-14-21-19-9-5-3-7-17(19)18-8-4-6-10-20(18)21/h3-10,16,21H,2,11-15H2,1H3,(H,26,31)(H,27,30)(H,28,29)/t16-/m1/s1. The molecule has 2 aromatic rings. The third kappa shape index (κ3) is 4.47. The maximum absolute atomic E-state index is 12.6. The van der Waals surface area contributed by atoms with Gasteiger partial charge < -0.3 is 20.5 Å². The van der Waals surface area contributed by atoms with Crippen LogP contribution in [0.2, 0.25) is 0 Å². The molecule has 0 spiro atoms. The molecule has 2 aliphatic rings. The van der Waals surface area contributed by atoms with Crippen molar-refractivity contribution in [2.75, 3.05) is 13.2 Å². The number of alkyl carbamates (subject to hydrolysis) is 1. The summed E-state index contributed by atoms with van der Waals surface area (Å²) < 4.78 is 5.54. The molecule has 7 heteroatoms. The average Bonchev–Trinajstić information content (AvgIpc) is 3.52. The Morgan fingerprint density at radius 1 is 1.06 bits per heavy atom. The fraction of sp³-hybridized carbons (Fsp3) is 0.400. The van der Waals surface area contributed by atoms with E-state index in [-0.39, 0.29) is 31.4 Å². The number of amides is 2. The summed E-state index contributed by atoms with van der Waals surface area (Å²) in [6.45, 7) is 2.23. The fourth-order valence-corrected chi connectivity index (χ4v) is 4.37. The van der Waals surface area contributed by atoms with E-state index in [0.29, 0.717) is 19.3 Å². The van der Waals surface area contributed by atoms with Crippen molar-refractivity contribution in [1.82, 2.24) is 10.6 Å². The van der Waals surface area contributed by atoms with Gasteiger partial charge in [0.25, 0.3) is 0 Å². The molecule has 2 amide bonds. The molecular formula is C25H28N2O5. The van der Waals surface area contributed by atoms with Gasteiger partial charge in [-0.1, -0.05) is 55.5 Å². The lowest BCUT2D eigenvalue weighted by Crippen LogP contribution is -2.45. The van der Waals surface area contributed by atoms with Crippen molar-refractivity contribution in [2.45, 2.75) is 44.6 Å². The quantitative estimate of drug-likeness (QED) is 0.556. The molecule has 0 radical (unpaired) electrons. The fourth-order valence-electron chi connectivity index (χ4n) is 4.37. The predicted molar refractivity (Wildman–Crippen MR) is 119 cm³/mol. The van der Waals surface area contributed by atoms with Crippen LogP contribution < -0.4 is 10.6 Å². The number of carboxylic acids is 1. The van der Waals surface area contributed by atoms with Crippen LogP contribution in [0.25, 0.3) is 11.1 Å². The highest BCUT2D eigenvalue weighted by molar-refractivity contribution is 5.87. The second-order valence-electron chi connectivity index (χ2n) is 8.64. The van der Waals surface area contributed by atoms with Gasteiger partial charge >= 0.3 is 12.1 Å². The van der Waals surface area contributed by atoms with Crippen LogP contribution in [0.3, 0.4) is 0 Å². The van der Waals surface area contributed by atoms with Gasteiger partial charge in [-0.2, -0.15) is 0 Å². The summed E-state index contributed by atoms with van der Waals surface area (Å²) >= 11 is 0. The molecule has 1 fully saturated rings. The van der Waals surface area contributed by atoms with Crippen LogP contribution in [0.5, 0.6) is 0 Å². The number of fused-ring (bicyclic) bond motifs is 3. The number of aliphatic carboxylic acids is 1. The third-order valence-electron chi connectivity index (χ3n) is 6.50. The first kappa shape index (κ1) is 21.9. The second-order valence-corrected chi connectivity index (χ2v) is 8.64. The summed E-state index contributed by atoms with van der Waals surface area (Å²) in [6, 6.07) is 15.9. The van der Waals surface area contributed by atoms with E-state index in [0.717, 1.165) is 22.3 Å². The average molecular weight is 437 g/mol. The maximum atomic E-state index is 12.6. The summed E-state index contributed by atoms with van der Waals surface area (Å²) in [6.07, 6.45) is 1.19. The normalized spacial score (nSPS) is 16.4. The molecule has 0 aliphatic heterocycles. The van der Waals surface area contributed by atoms with Crippen molar-refractivity contribution in [2.24, 2.45) is 5.41 Å². The molecule has 168 valence electrons. The van der Waals surface area contributed by atoms with Crippen molar-refractivity contribution < 1.29 is 24.2 Å². The first-order valence-corrected chi connectivity index (χ1v) is 11.0. The minimum Gasteiger partial charge on any atom is -0.481 e. The molecule has 1 saturated carbocycles. The number of carboxylic acid groups (broad SMARTS) is 1. The van der Waals surface area contributed by atoms with Crippen molar-refractivity contribution in [1.29, 1.82) is 0 Å². The van der Waals surface area contributed by atoms with Crippen molar-refractivity contribution in [3.05, 3.63) is 59.7 Å². The molecule has 0 unspecified atom stereocenters. The Hall–Kier alpha value is -3.35. The lowest BCUT2D eigenvalue weighted by molar-refractivity contribution is -0.138. The smallest absolute Gasteiger partial charge is 0.407 e.